The average Bonchev–Trinajstić information content (AvgIpc) is 3.41. The first-order chi connectivity index (χ1) is 13.2. The van der Waals surface area contributed by atoms with Crippen LogP contribution in [0, 0.1) is 5.92 Å². The molecule has 1 atom stereocenters. The van der Waals surface area contributed by atoms with Crippen molar-refractivity contribution in [3.8, 4) is 5.75 Å². The van der Waals surface area contributed by atoms with Crippen LogP contribution in [-0.2, 0) is 17.8 Å². The van der Waals surface area contributed by atoms with Crippen molar-refractivity contribution in [2.24, 2.45) is 5.92 Å². The van der Waals surface area contributed by atoms with Gasteiger partial charge in [0.1, 0.15) is 11.6 Å². The highest BCUT2D eigenvalue weighted by Crippen LogP contribution is 2.33. The number of imidazole rings is 1. The molecule has 2 aliphatic rings. The minimum Gasteiger partial charge on any atom is -0.497 e. The zero-order valence-corrected chi connectivity index (χ0v) is 16.1. The molecule has 0 bridgehead atoms. The second-order valence-electron chi connectivity index (χ2n) is 7.91. The molecule has 5 heteroatoms. The maximum atomic E-state index is 12.8. The van der Waals surface area contributed by atoms with Gasteiger partial charge in [-0.2, -0.15) is 0 Å². The van der Waals surface area contributed by atoms with Crippen LogP contribution >= 0.6 is 0 Å². The molecule has 1 aromatic heterocycles. The number of likely N-dealkylation sites (tertiary alicyclic amines) is 1. The van der Waals surface area contributed by atoms with E-state index < -0.39 is 0 Å². The van der Waals surface area contributed by atoms with Gasteiger partial charge >= 0.3 is 0 Å². The molecule has 0 radical (unpaired) electrons. The van der Waals surface area contributed by atoms with Gasteiger partial charge in [0.05, 0.1) is 7.11 Å². The standard InChI is InChI=1S/C22H29N3O2/c1-27-20-6-2-4-17(14-20)9-10-21(26)24-12-3-5-19(16-24)22-23-11-13-25(22)15-18-7-8-18/h2,4,6,11,13-14,18-19H,3,5,7-10,12,15-16H2,1H3/t19-/m0/s1. The summed E-state index contributed by atoms with van der Waals surface area (Å²) in [6.07, 6.45) is 10.2. The van der Waals surface area contributed by atoms with Gasteiger partial charge in [0.25, 0.3) is 0 Å². The number of methoxy groups -OCH3 is 1. The zero-order chi connectivity index (χ0) is 18.6. The van der Waals surface area contributed by atoms with E-state index in [1.807, 2.05) is 29.3 Å². The van der Waals surface area contributed by atoms with Crippen LogP contribution in [0.3, 0.4) is 0 Å². The van der Waals surface area contributed by atoms with Gasteiger partial charge < -0.3 is 14.2 Å². The van der Waals surface area contributed by atoms with Crippen LogP contribution < -0.4 is 4.74 Å². The lowest BCUT2D eigenvalue weighted by Crippen LogP contribution is -2.39. The molecule has 5 nitrogen and oxygen atoms in total. The molecule has 144 valence electrons. The van der Waals surface area contributed by atoms with Gasteiger partial charge in [-0.1, -0.05) is 12.1 Å². The predicted octanol–water partition coefficient (Wildman–Crippen LogP) is 3.64. The molecule has 1 aliphatic heterocycles. The Morgan fingerprint density at radius 2 is 2.19 bits per heavy atom. The summed E-state index contributed by atoms with van der Waals surface area (Å²) in [6, 6.07) is 7.99. The Kier molecular flexibility index (Phi) is 5.46. The van der Waals surface area contributed by atoms with Crippen LogP contribution in [0.25, 0.3) is 0 Å². The maximum absolute atomic E-state index is 12.8. The smallest absolute Gasteiger partial charge is 0.222 e. The van der Waals surface area contributed by atoms with Gasteiger partial charge in [0, 0.05) is 44.4 Å². The second-order valence-corrected chi connectivity index (χ2v) is 7.91. The van der Waals surface area contributed by atoms with Crippen molar-refractivity contribution >= 4 is 5.91 Å². The number of hydrogen-bond acceptors (Lipinski definition) is 3. The molecule has 1 aromatic carbocycles. The van der Waals surface area contributed by atoms with Crippen molar-refractivity contribution in [1.82, 2.24) is 14.5 Å². The van der Waals surface area contributed by atoms with E-state index in [-0.39, 0.29) is 5.91 Å². The molecule has 2 fully saturated rings. The first-order valence-corrected chi connectivity index (χ1v) is 10.1. The number of carbonyl (C=O) groups excluding carboxylic acids is 1. The number of carbonyl (C=O) groups is 1. The number of aryl methyl sites for hydroxylation is 1. The Hall–Kier alpha value is -2.30. The Labute approximate surface area is 161 Å². The minimum absolute atomic E-state index is 0.253. The van der Waals surface area contributed by atoms with Gasteiger partial charge in [-0.25, -0.2) is 4.98 Å². The molecule has 27 heavy (non-hydrogen) atoms. The van der Waals surface area contributed by atoms with Gasteiger partial charge in [-0.15, -0.1) is 0 Å². The Balaban J connectivity index is 1.34. The van der Waals surface area contributed by atoms with E-state index in [2.05, 4.69) is 21.8 Å². The molecule has 0 unspecified atom stereocenters. The molecule has 0 spiro atoms. The van der Waals surface area contributed by atoms with E-state index in [1.165, 1.54) is 18.7 Å². The topological polar surface area (TPSA) is 47.4 Å². The van der Waals surface area contributed by atoms with Crippen molar-refractivity contribution in [1.29, 1.82) is 0 Å². The fourth-order valence-electron chi connectivity index (χ4n) is 4.07. The van der Waals surface area contributed by atoms with Crippen LogP contribution in [0.2, 0.25) is 0 Å². The number of hydrogen-bond donors (Lipinski definition) is 0. The number of benzene rings is 1. The fraction of sp³-hybridized carbons (Fsp3) is 0.545. The predicted molar refractivity (Wildman–Crippen MR) is 105 cm³/mol. The fourth-order valence-corrected chi connectivity index (χ4v) is 4.07. The highest BCUT2D eigenvalue weighted by atomic mass is 16.5. The number of piperidine rings is 1. The molecule has 1 saturated carbocycles. The highest BCUT2D eigenvalue weighted by Gasteiger charge is 2.29. The summed E-state index contributed by atoms with van der Waals surface area (Å²) in [7, 11) is 1.67. The molecule has 1 amide bonds. The van der Waals surface area contributed by atoms with E-state index in [0.29, 0.717) is 12.3 Å². The summed E-state index contributed by atoms with van der Waals surface area (Å²) < 4.78 is 7.60. The largest absolute Gasteiger partial charge is 0.497 e. The third-order valence-corrected chi connectivity index (χ3v) is 5.80. The highest BCUT2D eigenvalue weighted by molar-refractivity contribution is 5.76. The van der Waals surface area contributed by atoms with Crippen LogP contribution in [-0.4, -0.2) is 40.6 Å². The van der Waals surface area contributed by atoms with Crippen molar-refractivity contribution in [2.45, 2.75) is 51.0 Å². The van der Waals surface area contributed by atoms with Crippen molar-refractivity contribution in [2.75, 3.05) is 20.2 Å². The second kappa shape index (κ2) is 8.15. The zero-order valence-electron chi connectivity index (χ0n) is 16.1. The molecule has 4 rings (SSSR count). The normalized spacial score (nSPS) is 19.9. The van der Waals surface area contributed by atoms with Crippen LogP contribution in [0.1, 0.15) is 49.4 Å². The number of nitrogens with zero attached hydrogens (tertiary/aromatic N) is 3. The van der Waals surface area contributed by atoms with Gasteiger partial charge in [-0.3, -0.25) is 4.79 Å². The molecular formula is C22H29N3O2. The summed E-state index contributed by atoms with van der Waals surface area (Å²) in [5, 5.41) is 0. The molecule has 2 aromatic rings. The lowest BCUT2D eigenvalue weighted by atomic mass is 9.96. The number of rotatable bonds is 7. The molecule has 1 aliphatic carbocycles. The van der Waals surface area contributed by atoms with Crippen LogP contribution in [0.5, 0.6) is 5.75 Å². The summed E-state index contributed by atoms with van der Waals surface area (Å²) in [6.45, 7) is 2.77. The Morgan fingerprint density at radius 1 is 1.30 bits per heavy atom. The third-order valence-electron chi connectivity index (χ3n) is 5.80. The van der Waals surface area contributed by atoms with E-state index >= 15 is 0 Å². The summed E-state index contributed by atoms with van der Waals surface area (Å²) in [5.41, 5.74) is 1.15. The SMILES string of the molecule is COc1cccc(CCC(=O)N2CCC[C@H](c3nccn3CC3CC3)C2)c1. The number of amides is 1. The van der Waals surface area contributed by atoms with E-state index in [1.54, 1.807) is 7.11 Å². The Bertz CT molecular complexity index is 781. The summed E-state index contributed by atoms with van der Waals surface area (Å²) in [5.74, 6) is 3.48. The van der Waals surface area contributed by atoms with Crippen molar-refractivity contribution in [3.63, 3.8) is 0 Å². The quantitative estimate of drug-likeness (QED) is 0.751. The van der Waals surface area contributed by atoms with E-state index in [0.717, 1.165) is 56.1 Å². The van der Waals surface area contributed by atoms with Crippen LogP contribution in [0.15, 0.2) is 36.7 Å². The monoisotopic (exact) mass is 367 g/mol. The molecule has 1 saturated heterocycles. The average molecular weight is 367 g/mol. The Morgan fingerprint density at radius 3 is 3.00 bits per heavy atom. The number of aromatic nitrogens is 2. The lowest BCUT2D eigenvalue weighted by molar-refractivity contribution is -0.132. The molecule has 0 N–H and O–H groups in total. The number of ether oxygens (including phenoxy) is 1. The molecule has 2 heterocycles. The van der Waals surface area contributed by atoms with E-state index in [9.17, 15) is 4.79 Å². The lowest BCUT2D eigenvalue weighted by Gasteiger charge is -2.33. The first-order valence-electron chi connectivity index (χ1n) is 10.1. The summed E-state index contributed by atoms with van der Waals surface area (Å²) >= 11 is 0. The van der Waals surface area contributed by atoms with Gasteiger partial charge in [0.15, 0.2) is 0 Å². The maximum Gasteiger partial charge on any atom is 0.222 e. The van der Waals surface area contributed by atoms with Crippen molar-refractivity contribution in [3.05, 3.63) is 48.0 Å². The van der Waals surface area contributed by atoms with Gasteiger partial charge in [-0.05, 0) is 55.7 Å². The van der Waals surface area contributed by atoms with Crippen molar-refractivity contribution < 1.29 is 9.53 Å². The van der Waals surface area contributed by atoms with E-state index in [4.69, 9.17) is 4.74 Å². The molecular weight excluding hydrogens is 338 g/mol. The third kappa shape index (κ3) is 4.52. The van der Waals surface area contributed by atoms with Gasteiger partial charge in [0.2, 0.25) is 5.91 Å². The van der Waals surface area contributed by atoms with Crippen LogP contribution in [0.4, 0.5) is 0 Å². The summed E-state index contributed by atoms with van der Waals surface area (Å²) in [4.78, 5) is 19.5. The minimum atomic E-state index is 0.253. The first kappa shape index (κ1) is 18.1.